The van der Waals surface area contributed by atoms with Gasteiger partial charge in [-0.15, -0.1) is 0 Å². The number of allylic oxidation sites excluding steroid dienone is 4. The van der Waals surface area contributed by atoms with Crippen molar-refractivity contribution in [3.8, 4) is 0 Å². The molecule has 0 aromatic rings. The van der Waals surface area contributed by atoms with E-state index >= 15 is 0 Å². The molecule has 11 heteroatoms. The number of aliphatic hydroxyl groups is 7. The third-order valence-corrected chi connectivity index (χ3v) is 19.5. The second-order valence-corrected chi connectivity index (χ2v) is 28.1. The van der Waals surface area contributed by atoms with Crippen molar-refractivity contribution >= 4 is 5.91 Å². The topological polar surface area (TPSA) is 189 Å². The molecule has 1 saturated heterocycles. The van der Waals surface area contributed by atoms with Gasteiger partial charge in [0.2, 0.25) is 5.91 Å². The van der Waals surface area contributed by atoms with E-state index in [1.807, 2.05) is 0 Å². The fourth-order valence-electron chi connectivity index (χ4n) is 13.2. The van der Waals surface area contributed by atoms with Crippen molar-refractivity contribution in [2.75, 3.05) is 13.2 Å². The number of ether oxygens (including phenoxy) is 2. The molecule has 8 N–H and O–H groups in total. The van der Waals surface area contributed by atoms with Crippen LogP contribution in [0.3, 0.4) is 0 Å². The van der Waals surface area contributed by atoms with E-state index in [0.717, 1.165) is 38.5 Å². The van der Waals surface area contributed by atoms with Crippen LogP contribution >= 0.6 is 0 Å². The van der Waals surface area contributed by atoms with Crippen molar-refractivity contribution < 1.29 is 50.0 Å². The van der Waals surface area contributed by atoms with Crippen LogP contribution in [-0.4, -0.2) is 110 Å². The standard InChI is InChI=1S/C79H153NO10/c1-3-5-7-9-11-13-15-17-19-21-23-25-27-29-31-33-35-37-39-41-43-45-47-49-51-53-55-57-59-61-63-65-67-72(83)78(88)80-70(69-89-79-77(87)76(86)75(85)73(68-81)90-79)74(84)71(82)66-64-62-60-58-56-54-52-50-48-46-44-42-40-38-36-34-32-30-28-26-24-22-20-18-16-14-12-10-8-6-4-2/h50,52,58,60,70-77,79,81-87H,3-49,51,53-57,59,61-69H2,1-2H3,(H,80,88)/b52-50+,60-58+. The molecule has 0 aliphatic carbocycles. The zero-order chi connectivity index (χ0) is 65.3. The van der Waals surface area contributed by atoms with Crippen LogP contribution in [0.15, 0.2) is 24.3 Å². The van der Waals surface area contributed by atoms with E-state index in [0.29, 0.717) is 19.3 Å². The summed E-state index contributed by atoms with van der Waals surface area (Å²) in [6.45, 7) is 3.51. The third kappa shape index (κ3) is 53.8. The van der Waals surface area contributed by atoms with Crippen molar-refractivity contribution in [3.05, 3.63) is 24.3 Å². The van der Waals surface area contributed by atoms with E-state index in [2.05, 4.69) is 43.5 Å². The molecule has 1 rings (SSSR count). The van der Waals surface area contributed by atoms with E-state index in [9.17, 15) is 40.5 Å². The largest absolute Gasteiger partial charge is 0.394 e. The molecular formula is C79H153NO10. The lowest BCUT2D eigenvalue weighted by molar-refractivity contribution is -0.303. The molecule has 9 unspecified atom stereocenters. The molecule has 9 atom stereocenters. The third-order valence-electron chi connectivity index (χ3n) is 19.5. The van der Waals surface area contributed by atoms with Gasteiger partial charge in [-0.2, -0.15) is 0 Å². The SMILES string of the molecule is CCCCCCCCCCCCCCCCCCCCCCCC/C=C/CC/C=C/CCCC(O)C(O)C(COC1OC(CO)C(O)C(O)C1O)NC(=O)C(O)CCCCCCCCCCCCCCCCCCCCCCCCCCCCCCCCCC. The van der Waals surface area contributed by atoms with Gasteiger partial charge in [0.15, 0.2) is 6.29 Å². The summed E-state index contributed by atoms with van der Waals surface area (Å²) in [6, 6.07) is -1.19. The van der Waals surface area contributed by atoms with Gasteiger partial charge in [-0.1, -0.05) is 378 Å². The van der Waals surface area contributed by atoms with Gasteiger partial charge >= 0.3 is 0 Å². The number of carbonyl (C=O) groups is 1. The first kappa shape index (κ1) is 86.6. The van der Waals surface area contributed by atoms with E-state index in [-0.39, 0.29) is 12.8 Å². The van der Waals surface area contributed by atoms with E-state index in [1.54, 1.807) is 0 Å². The zero-order valence-corrected chi connectivity index (χ0v) is 59.4. The Kier molecular flexibility index (Phi) is 65.0. The van der Waals surface area contributed by atoms with E-state index < -0.39 is 74.2 Å². The van der Waals surface area contributed by atoms with Crippen LogP contribution in [0.1, 0.15) is 406 Å². The molecule has 0 bridgehead atoms. The highest BCUT2D eigenvalue weighted by molar-refractivity contribution is 5.80. The number of hydrogen-bond donors (Lipinski definition) is 8. The summed E-state index contributed by atoms with van der Waals surface area (Å²) in [6.07, 6.45) is 75.9. The highest BCUT2D eigenvalue weighted by atomic mass is 16.7. The number of hydrogen-bond acceptors (Lipinski definition) is 10. The smallest absolute Gasteiger partial charge is 0.249 e. The summed E-state index contributed by atoms with van der Waals surface area (Å²) < 4.78 is 11.2. The van der Waals surface area contributed by atoms with Crippen molar-refractivity contribution in [2.24, 2.45) is 0 Å². The molecule has 1 heterocycles. The molecule has 0 saturated carbocycles. The van der Waals surface area contributed by atoms with Crippen molar-refractivity contribution in [1.82, 2.24) is 5.32 Å². The average molecular weight is 1280 g/mol. The van der Waals surface area contributed by atoms with Gasteiger partial charge in [0.05, 0.1) is 25.4 Å². The fraction of sp³-hybridized carbons (Fsp3) is 0.937. The Morgan fingerprint density at radius 3 is 0.989 bits per heavy atom. The second-order valence-electron chi connectivity index (χ2n) is 28.1. The molecular weight excluding hydrogens is 1120 g/mol. The van der Waals surface area contributed by atoms with Crippen LogP contribution in [0.5, 0.6) is 0 Å². The van der Waals surface area contributed by atoms with Gasteiger partial charge in [-0.05, 0) is 51.4 Å². The van der Waals surface area contributed by atoms with E-state index in [4.69, 9.17) is 9.47 Å². The van der Waals surface area contributed by atoms with Crippen LogP contribution in [0.4, 0.5) is 0 Å². The van der Waals surface area contributed by atoms with Crippen LogP contribution in [0, 0.1) is 0 Å². The molecule has 1 amide bonds. The normalized spacial score (nSPS) is 18.5. The van der Waals surface area contributed by atoms with Crippen molar-refractivity contribution in [3.63, 3.8) is 0 Å². The number of rotatable bonds is 71. The highest BCUT2D eigenvalue weighted by Crippen LogP contribution is 2.24. The minimum Gasteiger partial charge on any atom is -0.394 e. The van der Waals surface area contributed by atoms with Crippen LogP contribution in [0.25, 0.3) is 0 Å². The maximum absolute atomic E-state index is 13.3. The average Bonchev–Trinajstić information content (AvgIpc) is 1.37. The fourth-order valence-corrected chi connectivity index (χ4v) is 13.2. The molecule has 11 nitrogen and oxygen atoms in total. The van der Waals surface area contributed by atoms with Gasteiger partial charge in [-0.3, -0.25) is 4.79 Å². The van der Waals surface area contributed by atoms with Crippen LogP contribution in [-0.2, 0) is 14.3 Å². The van der Waals surface area contributed by atoms with Gasteiger partial charge in [0.1, 0.15) is 36.6 Å². The zero-order valence-electron chi connectivity index (χ0n) is 59.4. The van der Waals surface area contributed by atoms with Crippen LogP contribution < -0.4 is 5.32 Å². The molecule has 0 aromatic heterocycles. The van der Waals surface area contributed by atoms with Crippen LogP contribution in [0.2, 0.25) is 0 Å². The molecule has 1 aliphatic heterocycles. The Morgan fingerprint density at radius 1 is 0.378 bits per heavy atom. The maximum Gasteiger partial charge on any atom is 0.249 e. The first-order chi connectivity index (χ1) is 44.2. The lowest BCUT2D eigenvalue weighted by atomic mass is 9.98. The Hall–Kier alpha value is -1.41. The summed E-state index contributed by atoms with van der Waals surface area (Å²) in [5.74, 6) is -0.701. The van der Waals surface area contributed by atoms with Crippen molar-refractivity contribution in [2.45, 2.75) is 461 Å². The molecule has 90 heavy (non-hydrogen) atoms. The first-order valence-electron chi connectivity index (χ1n) is 39.7. The summed E-state index contributed by atoms with van der Waals surface area (Å²) in [5.41, 5.74) is 0. The quantitative estimate of drug-likeness (QED) is 0.0215. The van der Waals surface area contributed by atoms with E-state index in [1.165, 1.54) is 321 Å². The number of unbranched alkanes of at least 4 members (excludes halogenated alkanes) is 55. The summed E-state index contributed by atoms with van der Waals surface area (Å²) >= 11 is 0. The van der Waals surface area contributed by atoms with Gasteiger partial charge in [-0.25, -0.2) is 0 Å². The Morgan fingerprint density at radius 2 is 0.667 bits per heavy atom. The summed E-state index contributed by atoms with van der Waals surface area (Å²) in [4.78, 5) is 13.3. The molecule has 1 aliphatic rings. The monoisotopic (exact) mass is 1280 g/mol. The summed E-state index contributed by atoms with van der Waals surface area (Å²) in [5, 5.41) is 76.7. The van der Waals surface area contributed by atoms with Gasteiger partial charge < -0.3 is 50.5 Å². The second kappa shape index (κ2) is 67.6. The molecule has 0 spiro atoms. The van der Waals surface area contributed by atoms with Gasteiger partial charge in [0.25, 0.3) is 0 Å². The lowest BCUT2D eigenvalue weighted by Gasteiger charge is -2.40. The molecule has 534 valence electrons. The molecule has 0 aromatic carbocycles. The Balaban J connectivity index is 2.16. The predicted octanol–water partition coefficient (Wildman–Crippen LogP) is 20.3. The lowest BCUT2D eigenvalue weighted by Crippen LogP contribution is -2.60. The minimum atomic E-state index is -1.67. The Labute approximate surface area is 556 Å². The predicted molar refractivity (Wildman–Crippen MR) is 381 cm³/mol. The number of nitrogens with one attached hydrogen (secondary N) is 1. The number of amides is 1. The minimum absolute atomic E-state index is 0.250. The number of carbonyl (C=O) groups excluding carboxylic acids is 1. The van der Waals surface area contributed by atoms with Crippen molar-refractivity contribution in [1.29, 1.82) is 0 Å². The summed E-state index contributed by atoms with van der Waals surface area (Å²) in [7, 11) is 0. The first-order valence-corrected chi connectivity index (χ1v) is 39.7. The van der Waals surface area contributed by atoms with Gasteiger partial charge in [0, 0.05) is 0 Å². The Bertz CT molecular complexity index is 1510. The molecule has 1 fully saturated rings. The molecule has 0 radical (unpaired) electrons. The highest BCUT2D eigenvalue weighted by Gasteiger charge is 2.44. The number of aliphatic hydroxyl groups excluding tert-OH is 7. The maximum atomic E-state index is 13.3.